The summed E-state index contributed by atoms with van der Waals surface area (Å²) in [4.78, 5) is 0. The molecule has 15 heavy (non-hydrogen) atoms. The maximum absolute atomic E-state index is 5.58. The Morgan fingerprint density at radius 3 is 2.40 bits per heavy atom. The maximum atomic E-state index is 5.58. The zero-order chi connectivity index (χ0) is 10.5. The first-order valence-electron chi connectivity index (χ1n) is 5.63. The molecule has 1 aromatic carbocycles. The molecule has 0 bridgehead atoms. The topological polar surface area (TPSA) is 0 Å². The molecule has 0 heterocycles. The van der Waals surface area contributed by atoms with E-state index in [9.17, 15) is 0 Å². The van der Waals surface area contributed by atoms with Gasteiger partial charge in [0.25, 0.3) is 0 Å². The van der Waals surface area contributed by atoms with Gasteiger partial charge in [0.2, 0.25) is 0 Å². The van der Waals surface area contributed by atoms with Gasteiger partial charge in [0.1, 0.15) is 0 Å². The Morgan fingerprint density at radius 1 is 1.07 bits per heavy atom. The molecule has 1 aliphatic carbocycles. The quantitative estimate of drug-likeness (QED) is 0.607. The van der Waals surface area contributed by atoms with Crippen molar-refractivity contribution in [1.82, 2.24) is 0 Å². The van der Waals surface area contributed by atoms with E-state index in [0.717, 1.165) is 5.92 Å². The molecular formula is C13H16SSe. The first-order chi connectivity index (χ1) is 7.36. The number of thiocarbonyl (C=S) groups is 1. The molecule has 0 amide bonds. The standard InChI is InChI=1S/C13H16SSe/c14-13(11-7-3-1-4-8-11)15-12-9-5-2-6-10-12/h2,5-6,9-11H,1,3-4,7-8H2. The summed E-state index contributed by atoms with van der Waals surface area (Å²) < 4.78 is 2.77. The molecular weight excluding hydrogens is 267 g/mol. The number of hydrogen-bond donors (Lipinski definition) is 0. The van der Waals surface area contributed by atoms with Gasteiger partial charge in [-0.2, -0.15) is 0 Å². The van der Waals surface area contributed by atoms with Crippen molar-refractivity contribution in [3.63, 3.8) is 0 Å². The SMILES string of the molecule is S=C([Se]c1ccccc1)C1CCCCC1. The molecule has 1 aliphatic rings. The zero-order valence-corrected chi connectivity index (χ0v) is 11.3. The third kappa shape index (κ3) is 3.41. The summed E-state index contributed by atoms with van der Waals surface area (Å²) in [6, 6.07) is 10.7. The number of benzene rings is 1. The summed E-state index contributed by atoms with van der Waals surface area (Å²) in [6.45, 7) is 0. The van der Waals surface area contributed by atoms with Crippen molar-refractivity contribution in [2.45, 2.75) is 32.1 Å². The molecule has 1 aromatic rings. The second-order valence-corrected chi connectivity index (χ2v) is 7.43. The van der Waals surface area contributed by atoms with Gasteiger partial charge in [-0.1, -0.05) is 0 Å². The molecule has 0 aliphatic heterocycles. The van der Waals surface area contributed by atoms with Crippen molar-refractivity contribution >= 4 is 35.4 Å². The van der Waals surface area contributed by atoms with Crippen molar-refractivity contribution < 1.29 is 0 Å². The van der Waals surface area contributed by atoms with Gasteiger partial charge in [0.15, 0.2) is 0 Å². The molecule has 0 N–H and O–H groups in total. The normalized spacial score (nSPS) is 17.6. The van der Waals surface area contributed by atoms with Crippen molar-refractivity contribution in [3.8, 4) is 0 Å². The Morgan fingerprint density at radius 2 is 1.73 bits per heavy atom. The average Bonchev–Trinajstić information content (AvgIpc) is 2.31. The van der Waals surface area contributed by atoms with Gasteiger partial charge in [-0.25, -0.2) is 0 Å². The molecule has 0 spiro atoms. The van der Waals surface area contributed by atoms with Crippen LogP contribution in [0.25, 0.3) is 0 Å². The third-order valence-electron chi connectivity index (χ3n) is 2.90. The van der Waals surface area contributed by atoms with Crippen molar-refractivity contribution in [1.29, 1.82) is 0 Å². The van der Waals surface area contributed by atoms with Crippen LogP contribution in [0.15, 0.2) is 30.3 Å². The summed E-state index contributed by atoms with van der Waals surface area (Å²) in [5.41, 5.74) is 0. The molecule has 1 fully saturated rings. The molecule has 1 saturated carbocycles. The van der Waals surface area contributed by atoms with Crippen LogP contribution >= 0.6 is 12.2 Å². The minimum atomic E-state index is 0.415. The zero-order valence-electron chi connectivity index (χ0n) is 8.82. The fourth-order valence-electron chi connectivity index (χ4n) is 2.03. The summed E-state index contributed by atoms with van der Waals surface area (Å²) in [5, 5.41) is 0. The van der Waals surface area contributed by atoms with Crippen LogP contribution in [0.5, 0.6) is 0 Å². The van der Waals surface area contributed by atoms with E-state index < -0.39 is 0 Å². The Labute approximate surface area is 104 Å². The van der Waals surface area contributed by atoms with E-state index in [1.54, 1.807) is 0 Å². The van der Waals surface area contributed by atoms with Crippen LogP contribution in [-0.2, 0) is 0 Å². The van der Waals surface area contributed by atoms with Crippen molar-refractivity contribution in [2.24, 2.45) is 5.92 Å². The van der Waals surface area contributed by atoms with Gasteiger partial charge in [-0.05, 0) is 0 Å². The summed E-state index contributed by atoms with van der Waals surface area (Å²) in [7, 11) is 0. The second-order valence-electron chi connectivity index (χ2n) is 4.07. The molecule has 0 unspecified atom stereocenters. The predicted molar refractivity (Wildman–Crippen MR) is 71.0 cm³/mol. The predicted octanol–water partition coefficient (Wildman–Crippen LogP) is 2.92. The molecule has 2 rings (SSSR count). The van der Waals surface area contributed by atoms with Crippen LogP contribution < -0.4 is 4.46 Å². The van der Waals surface area contributed by atoms with Crippen LogP contribution in [0.1, 0.15) is 32.1 Å². The Bertz CT molecular complexity index is 315. The van der Waals surface area contributed by atoms with Gasteiger partial charge in [0, 0.05) is 0 Å². The molecule has 2 heteroatoms. The first kappa shape index (κ1) is 11.3. The van der Waals surface area contributed by atoms with Gasteiger partial charge >= 0.3 is 104 Å². The molecule has 0 radical (unpaired) electrons. The molecule has 0 aromatic heterocycles. The van der Waals surface area contributed by atoms with Crippen LogP contribution in [-0.4, -0.2) is 18.7 Å². The van der Waals surface area contributed by atoms with Crippen molar-refractivity contribution in [2.75, 3.05) is 0 Å². The van der Waals surface area contributed by atoms with E-state index in [0.29, 0.717) is 15.0 Å². The number of hydrogen-bond acceptors (Lipinski definition) is 1. The third-order valence-corrected chi connectivity index (χ3v) is 5.85. The van der Waals surface area contributed by atoms with E-state index >= 15 is 0 Å². The van der Waals surface area contributed by atoms with E-state index in [2.05, 4.69) is 30.3 Å². The summed E-state index contributed by atoms with van der Waals surface area (Å²) in [6.07, 6.45) is 6.86. The Balaban J connectivity index is 1.91. The van der Waals surface area contributed by atoms with Crippen LogP contribution in [0.2, 0.25) is 0 Å². The fraction of sp³-hybridized carbons (Fsp3) is 0.462. The van der Waals surface area contributed by atoms with Gasteiger partial charge < -0.3 is 0 Å². The minimum absolute atomic E-state index is 0.415. The van der Waals surface area contributed by atoms with E-state index in [-0.39, 0.29) is 0 Å². The molecule has 80 valence electrons. The van der Waals surface area contributed by atoms with Gasteiger partial charge in [-0.15, -0.1) is 0 Å². The van der Waals surface area contributed by atoms with Crippen LogP contribution in [0, 0.1) is 5.92 Å². The molecule has 0 nitrogen and oxygen atoms in total. The molecule has 0 atom stereocenters. The van der Waals surface area contributed by atoms with E-state index in [1.807, 2.05) is 0 Å². The monoisotopic (exact) mass is 284 g/mol. The van der Waals surface area contributed by atoms with Crippen molar-refractivity contribution in [3.05, 3.63) is 30.3 Å². The summed E-state index contributed by atoms with van der Waals surface area (Å²) in [5.74, 6) is 0.744. The Kier molecular flexibility index (Phi) is 4.37. The van der Waals surface area contributed by atoms with Gasteiger partial charge in [0.05, 0.1) is 0 Å². The van der Waals surface area contributed by atoms with Gasteiger partial charge in [-0.3, -0.25) is 0 Å². The molecule has 0 saturated heterocycles. The summed E-state index contributed by atoms with van der Waals surface area (Å²) >= 11 is 6.00. The van der Waals surface area contributed by atoms with Crippen LogP contribution in [0.4, 0.5) is 0 Å². The van der Waals surface area contributed by atoms with E-state index in [4.69, 9.17) is 12.2 Å². The average molecular weight is 283 g/mol. The number of rotatable bonds is 3. The van der Waals surface area contributed by atoms with Crippen LogP contribution in [0.3, 0.4) is 0 Å². The first-order valence-corrected chi connectivity index (χ1v) is 7.75. The second kappa shape index (κ2) is 5.79. The van der Waals surface area contributed by atoms with E-state index in [1.165, 1.54) is 40.3 Å². The Hall–Kier alpha value is -0.171. The fourth-order valence-corrected chi connectivity index (χ4v) is 4.71.